The highest BCUT2D eigenvalue weighted by Crippen LogP contribution is 2.41. The molecule has 57 heavy (non-hydrogen) atoms. The summed E-state index contributed by atoms with van der Waals surface area (Å²) in [7, 11) is 0. The van der Waals surface area contributed by atoms with Crippen LogP contribution >= 0.6 is 0 Å². The van der Waals surface area contributed by atoms with Gasteiger partial charge in [-0.25, -0.2) is 9.97 Å². The van der Waals surface area contributed by atoms with E-state index < -0.39 is 0 Å². The molecule has 5 heteroatoms. The van der Waals surface area contributed by atoms with Crippen molar-refractivity contribution in [1.82, 2.24) is 24.5 Å². The lowest BCUT2D eigenvalue weighted by molar-refractivity contribution is 1.18. The van der Waals surface area contributed by atoms with E-state index in [1.165, 1.54) is 27.2 Å². The molecular formula is C52H33N5. The Kier molecular flexibility index (Phi) is 7.74. The fourth-order valence-corrected chi connectivity index (χ4v) is 8.16. The smallest absolute Gasteiger partial charge is 0.0900 e. The van der Waals surface area contributed by atoms with E-state index in [9.17, 15) is 0 Å². The van der Waals surface area contributed by atoms with Crippen molar-refractivity contribution in [2.45, 2.75) is 0 Å². The Morgan fingerprint density at radius 1 is 0.316 bits per heavy atom. The van der Waals surface area contributed by atoms with Gasteiger partial charge < -0.3 is 4.57 Å². The third kappa shape index (κ3) is 5.72. The normalized spacial score (nSPS) is 11.5. The van der Waals surface area contributed by atoms with Gasteiger partial charge in [0.1, 0.15) is 0 Å². The van der Waals surface area contributed by atoms with Gasteiger partial charge in [-0.1, -0.05) is 115 Å². The van der Waals surface area contributed by atoms with Crippen molar-refractivity contribution in [3.05, 3.63) is 200 Å². The zero-order valence-electron chi connectivity index (χ0n) is 30.8. The van der Waals surface area contributed by atoms with Crippen molar-refractivity contribution in [2.75, 3.05) is 0 Å². The molecule has 0 N–H and O–H groups in total. The minimum atomic E-state index is 0.807. The van der Waals surface area contributed by atoms with Gasteiger partial charge >= 0.3 is 0 Å². The van der Waals surface area contributed by atoms with Crippen molar-refractivity contribution in [3.8, 4) is 62.0 Å². The number of hydrogen-bond donors (Lipinski definition) is 0. The third-order valence-corrected chi connectivity index (χ3v) is 10.9. The van der Waals surface area contributed by atoms with Gasteiger partial charge in [-0.05, 0) is 100 Å². The Morgan fingerprint density at radius 2 is 0.930 bits per heavy atom. The maximum Gasteiger partial charge on any atom is 0.0900 e. The number of hydrogen-bond acceptors (Lipinski definition) is 4. The number of benzene rings is 6. The second-order valence-corrected chi connectivity index (χ2v) is 14.3. The van der Waals surface area contributed by atoms with Crippen molar-refractivity contribution < 1.29 is 0 Å². The van der Waals surface area contributed by atoms with E-state index in [0.717, 1.165) is 78.3 Å². The van der Waals surface area contributed by atoms with Crippen LogP contribution in [0.4, 0.5) is 0 Å². The van der Waals surface area contributed by atoms with Crippen molar-refractivity contribution >= 4 is 43.5 Å². The summed E-state index contributed by atoms with van der Waals surface area (Å²) in [6.45, 7) is 0. The summed E-state index contributed by atoms with van der Waals surface area (Å²) in [5, 5.41) is 5.90. The molecule has 6 aromatic carbocycles. The van der Waals surface area contributed by atoms with Crippen LogP contribution in [-0.4, -0.2) is 24.5 Å². The van der Waals surface area contributed by atoms with E-state index in [1.54, 1.807) is 12.4 Å². The van der Waals surface area contributed by atoms with E-state index in [0.29, 0.717) is 0 Å². The molecule has 0 unspecified atom stereocenters. The molecule has 11 rings (SSSR count). The monoisotopic (exact) mass is 727 g/mol. The largest absolute Gasteiger partial charge is 0.309 e. The van der Waals surface area contributed by atoms with Gasteiger partial charge in [0.15, 0.2) is 0 Å². The highest BCUT2D eigenvalue weighted by atomic mass is 15.0. The standard InChI is InChI=1S/C52H33N5/c1-3-13-36(14-4-1)52-44-33-51-43(41-17-7-8-20-50(41)57(51)39-15-5-2-6-16-39)32-42(44)40-26-25-37(29-47(40)56-52)34-21-23-35(24-22-34)38-30-48(45-18-9-11-27-53-45)55-49(31-38)46-19-10-12-28-54-46/h1-33H. The molecule has 266 valence electrons. The topological polar surface area (TPSA) is 56.5 Å². The van der Waals surface area contributed by atoms with Crippen molar-refractivity contribution in [1.29, 1.82) is 0 Å². The van der Waals surface area contributed by atoms with Gasteiger partial charge in [-0.3, -0.25) is 9.97 Å². The number of pyridine rings is 4. The minimum Gasteiger partial charge on any atom is -0.309 e. The lowest BCUT2D eigenvalue weighted by Gasteiger charge is -2.14. The van der Waals surface area contributed by atoms with Crippen LogP contribution in [0.2, 0.25) is 0 Å². The molecule has 5 aromatic heterocycles. The number of aromatic nitrogens is 5. The molecule has 5 nitrogen and oxygen atoms in total. The molecule has 0 bridgehead atoms. The number of para-hydroxylation sites is 2. The average molecular weight is 728 g/mol. The van der Waals surface area contributed by atoms with Crippen LogP contribution in [0, 0.1) is 0 Å². The zero-order chi connectivity index (χ0) is 37.7. The van der Waals surface area contributed by atoms with Crippen molar-refractivity contribution in [2.24, 2.45) is 0 Å². The molecule has 0 radical (unpaired) electrons. The molecule has 0 saturated heterocycles. The van der Waals surface area contributed by atoms with E-state index in [4.69, 9.17) is 9.97 Å². The third-order valence-electron chi connectivity index (χ3n) is 10.9. The SMILES string of the molecule is c1ccc(-c2nc3cc(-c4ccc(-c5cc(-c6ccccn6)nc(-c6ccccn6)c5)cc4)ccc3c3cc4c5ccccc5n(-c5ccccc5)c4cc23)cc1. The molecule has 0 aliphatic carbocycles. The molecule has 0 aliphatic heterocycles. The maximum atomic E-state index is 5.44. The zero-order valence-corrected chi connectivity index (χ0v) is 30.8. The first-order chi connectivity index (χ1) is 28.2. The van der Waals surface area contributed by atoms with Crippen LogP contribution in [0.15, 0.2) is 200 Å². The van der Waals surface area contributed by atoms with E-state index in [1.807, 2.05) is 36.4 Å². The van der Waals surface area contributed by atoms with Gasteiger partial charge in [-0.15, -0.1) is 0 Å². The average Bonchev–Trinajstić information content (AvgIpc) is 3.62. The van der Waals surface area contributed by atoms with Gasteiger partial charge in [0.2, 0.25) is 0 Å². The fourth-order valence-electron chi connectivity index (χ4n) is 8.16. The summed E-state index contributed by atoms with van der Waals surface area (Å²) >= 11 is 0. The number of rotatable bonds is 6. The molecule has 0 saturated carbocycles. The lowest BCUT2D eigenvalue weighted by atomic mass is 9.95. The van der Waals surface area contributed by atoms with Crippen LogP contribution in [-0.2, 0) is 0 Å². The molecule has 0 spiro atoms. The predicted molar refractivity (Wildman–Crippen MR) is 234 cm³/mol. The summed E-state index contributed by atoms with van der Waals surface area (Å²) in [5.41, 5.74) is 14.1. The van der Waals surface area contributed by atoms with Crippen LogP contribution < -0.4 is 0 Å². The quantitative estimate of drug-likeness (QED) is 0.160. The van der Waals surface area contributed by atoms with E-state index in [2.05, 4.69) is 166 Å². The van der Waals surface area contributed by atoms with Crippen molar-refractivity contribution in [3.63, 3.8) is 0 Å². The second-order valence-electron chi connectivity index (χ2n) is 14.3. The predicted octanol–water partition coefficient (Wildman–Crippen LogP) is 13.0. The first-order valence-corrected chi connectivity index (χ1v) is 19.1. The molecular weight excluding hydrogens is 695 g/mol. The van der Waals surface area contributed by atoms with E-state index in [-0.39, 0.29) is 0 Å². The van der Waals surface area contributed by atoms with Gasteiger partial charge in [0, 0.05) is 45.2 Å². The fraction of sp³-hybridized carbons (Fsp3) is 0. The summed E-state index contributed by atoms with van der Waals surface area (Å²) in [5.74, 6) is 0. The molecule has 11 aromatic rings. The first-order valence-electron chi connectivity index (χ1n) is 19.1. The van der Waals surface area contributed by atoms with Crippen LogP contribution in [0.3, 0.4) is 0 Å². The Balaban J connectivity index is 1.06. The Bertz CT molecular complexity index is 3190. The summed E-state index contributed by atoms with van der Waals surface area (Å²) in [6, 6.07) is 66.1. The Labute approximate surface area is 329 Å². The minimum absolute atomic E-state index is 0.807. The lowest BCUT2D eigenvalue weighted by Crippen LogP contribution is -1.95. The van der Waals surface area contributed by atoms with Gasteiger partial charge in [0.05, 0.1) is 45.0 Å². The van der Waals surface area contributed by atoms with Crippen LogP contribution in [0.25, 0.3) is 105 Å². The second kappa shape index (κ2) is 13.5. The van der Waals surface area contributed by atoms with Crippen LogP contribution in [0.5, 0.6) is 0 Å². The molecule has 5 heterocycles. The summed E-state index contributed by atoms with van der Waals surface area (Å²) in [6.07, 6.45) is 3.60. The Hall–Kier alpha value is -7.76. The molecule has 0 fully saturated rings. The highest BCUT2D eigenvalue weighted by molar-refractivity contribution is 6.20. The van der Waals surface area contributed by atoms with E-state index >= 15 is 0 Å². The van der Waals surface area contributed by atoms with Gasteiger partial charge in [0.25, 0.3) is 0 Å². The number of nitrogens with zero attached hydrogens (tertiary/aromatic N) is 5. The first kappa shape index (κ1) is 32.7. The van der Waals surface area contributed by atoms with Crippen LogP contribution in [0.1, 0.15) is 0 Å². The van der Waals surface area contributed by atoms with Gasteiger partial charge in [-0.2, -0.15) is 0 Å². The number of fused-ring (bicyclic) bond motifs is 6. The highest BCUT2D eigenvalue weighted by Gasteiger charge is 2.18. The molecule has 0 aliphatic rings. The summed E-state index contributed by atoms with van der Waals surface area (Å²) in [4.78, 5) is 19.6. The Morgan fingerprint density at radius 3 is 1.61 bits per heavy atom. The summed E-state index contributed by atoms with van der Waals surface area (Å²) < 4.78 is 2.38. The molecule has 0 atom stereocenters. The molecule has 0 amide bonds. The maximum absolute atomic E-state index is 5.44.